The zero-order valence-corrected chi connectivity index (χ0v) is 8.87. The molecule has 0 bridgehead atoms. The molecule has 0 atom stereocenters. The highest BCUT2D eigenvalue weighted by Gasteiger charge is 2.30. The fourth-order valence-corrected chi connectivity index (χ4v) is 1.26. The van der Waals surface area contributed by atoms with Gasteiger partial charge in [-0.25, -0.2) is 9.97 Å². The molecule has 0 saturated heterocycles. The van der Waals surface area contributed by atoms with E-state index in [-0.39, 0.29) is 11.3 Å². The standard InChI is InChI=1S/C9H11N5O2/c1-9(2,7(10)16)8-13-5-4(6(15)14-8)11-3-12-5/h3H,1-2H3,(H2,10,16)(H2,11,12,13,14,15). The Morgan fingerprint density at radius 1 is 1.50 bits per heavy atom. The summed E-state index contributed by atoms with van der Waals surface area (Å²) in [6.07, 6.45) is 1.37. The third kappa shape index (κ3) is 1.37. The number of nitrogens with zero attached hydrogens (tertiary/aromatic N) is 2. The highest BCUT2D eigenvalue weighted by atomic mass is 16.1. The van der Waals surface area contributed by atoms with Crippen molar-refractivity contribution in [3.05, 3.63) is 22.5 Å². The Labute approximate surface area is 90.1 Å². The van der Waals surface area contributed by atoms with Gasteiger partial charge in [0.2, 0.25) is 5.91 Å². The van der Waals surface area contributed by atoms with Crippen molar-refractivity contribution in [2.75, 3.05) is 0 Å². The van der Waals surface area contributed by atoms with Crippen molar-refractivity contribution in [1.82, 2.24) is 19.9 Å². The Morgan fingerprint density at radius 2 is 2.19 bits per heavy atom. The minimum atomic E-state index is -1.03. The lowest BCUT2D eigenvalue weighted by Gasteiger charge is -2.18. The fraction of sp³-hybridized carbons (Fsp3) is 0.333. The number of amides is 1. The van der Waals surface area contributed by atoms with Crippen molar-refractivity contribution in [3.8, 4) is 0 Å². The van der Waals surface area contributed by atoms with Crippen LogP contribution in [0.5, 0.6) is 0 Å². The number of fused-ring (bicyclic) bond motifs is 1. The molecule has 0 spiro atoms. The Kier molecular flexibility index (Phi) is 2.04. The van der Waals surface area contributed by atoms with Crippen LogP contribution in [0.15, 0.2) is 11.1 Å². The quantitative estimate of drug-likeness (QED) is 0.628. The Balaban J connectivity index is 2.71. The highest BCUT2D eigenvalue weighted by Crippen LogP contribution is 2.18. The molecule has 0 aliphatic carbocycles. The molecule has 0 aromatic carbocycles. The fourth-order valence-electron chi connectivity index (χ4n) is 1.26. The molecule has 0 unspecified atom stereocenters. The number of nitrogens with two attached hydrogens (primary N) is 1. The predicted molar refractivity (Wildman–Crippen MR) is 56.7 cm³/mol. The second kappa shape index (κ2) is 3.16. The lowest BCUT2D eigenvalue weighted by molar-refractivity contribution is -0.122. The summed E-state index contributed by atoms with van der Waals surface area (Å²) in [6, 6.07) is 0. The summed E-state index contributed by atoms with van der Waals surface area (Å²) >= 11 is 0. The minimum Gasteiger partial charge on any atom is -0.369 e. The van der Waals surface area contributed by atoms with Gasteiger partial charge in [0.05, 0.1) is 6.33 Å². The molecule has 84 valence electrons. The zero-order chi connectivity index (χ0) is 11.9. The summed E-state index contributed by atoms with van der Waals surface area (Å²) in [7, 11) is 0. The number of aromatic nitrogens is 4. The van der Waals surface area contributed by atoms with Gasteiger partial charge in [-0.1, -0.05) is 0 Å². The van der Waals surface area contributed by atoms with Crippen LogP contribution in [0.4, 0.5) is 0 Å². The Morgan fingerprint density at radius 3 is 2.81 bits per heavy atom. The molecule has 1 amide bonds. The molecule has 2 heterocycles. The molecule has 0 aliphatic heterocycles. The Hall–Kier alpha value is -2.18. The van der Waals surface area contributed by atoms with Crippen molar-refractivity contribution in [2.24, 2.45) is 5.73 Å². The summed E-state index contributed by atoms with van der Waals surface area (Å²) in [5, 5.41) is 0. The first-order chi connectivity index (χ1) is 7.43. The van der Waals surface area contributed by atoms with Crippen molar-refractivity contribution in [2.45, 2.75) is 19.3 Å². The lowest BCUT2D eigenvalue weighted by Crippen LogP contribution is -2.38. The third-order valence-electron chi connectivity index (χ3n) is 2.50. The summed E-state index contributed by atoms with van der Waals surface area (Å²) in [5.41, 5.74) is 4.38. The van der Waals surface area contributed by atoms with E-state index in [1.807, 2.05) is 0 Å². The van der Waals surface area contributed by atoms with E-state index < -0.39 is 16.9 Å². The van der Waals surface area contributed by atoms with Gasteiger partial charge < -0.3 is 15.7 Å². The summed E-state index contributed by atoms with van der Waals surface area (Å²) in [6.45, 7) is 3.19. The van der Waals surface area contributed by atoms with Crippen LogP contribution in [0.2, 0.25) is 0 Å². The summed E-state index contributed by atoms with van der Waals surface area (Å²) in [5.74, 6) is -0.337. The van der Waals surface area contributed by atoms with Crippen LogP contribution < -0.4 is 11.3 Å². The molecule has 0 fully saturated rings. The summed E-state index contributed by atoms with van der Waals surface area (Å²) in [4.78, 5) is 36.0. The number of H-pyrrole nitrogens is 2. The predicted octanol–water partition coefficient (Wildman–Crippen LogP) is -0.591. The summed E-state index contributed by atoms with van der Waals surface area (Å²) < 4.78 is 0. The number of primary amides is 1. The third-order valence-corrected chi connectivity index (χ3v) is 2.50. The molecule has 4 N–H and O–H groups in total. The van der Waals surface area contributed by atoms with Gasteiger partial charge in [0.15, 0.2) is 11.2 Å². The van der Waals surface area contributed by atoms with Gasteiger partial charge in [-0.15, -0.1) is 0 Å². The van der Waals surface area contributed by atoms with Gasteiger partial charge in [0, 0.05) is 0 Å². The van der Waals surface area contributed by atoms with E-state index in [9.17, 15) is 9.59 Å². The second-order valence-corrected chi connectivity index (χ2v) is 4.00. The first-order valence-corrected chi connectivity index (χ1v) is 4.66. The van der Waals surface area contributed by atoms with Gasteiger partial charge in [-0.05, 0) is 13.8 Å². The van der Waals surface area contributed by atoms with Gasteiger partial charge in [0.1, 0.15) is 11.2 Å². The number of imidazole rings is 1. The van der Waals surface area contributed by atoms with E-state index in [4.69, 9.17) is 5.73 Å². The van der Waals surface area contributed by atoms with Crippen LogP contribution in [0.1, 0.15) is 19.7 Å². The van der Waals surface area contributed by atoms with E-state index in [1.165, 1.54) is 6.33 Å². The minimum absolute atomic E-state index is 0.212. The maximum absolute atomic E-state index is 11.6. The Bertz CT molecular complexity index is 610. The molecule has 2 rings (SSSR count). The SMILES string of the molecule is CC(C)(C(N)=O)c1nc2[nH]cnc2c(=O)[nH]1. The average molecular weight is 221 g/mol. The van der Waals surface area contributed by atoms with Crippen LogP contribution in [0.25, 0.3) is 11.2 Å². The highest BCUT2D eigenvalue weighted by molar-refractivity contribution is 5.85. The van der Waals surface area contributed by atoms with Crippen molar-refractivity contribution in [3.63, 3.8) is 0 Å². The largest absolute Gasteiger partial charge is 0.369 e. The van der Waals surface area contributed by atoms with Crippen molar-refractivity contribution >= 4 is 17.1 Å². The maximum Gasteiger partial charge on any atom is 0.279 e. The van der Waals surface area contributed by atoms with Crippen LogP contribution in [0, 0.1) is 0 Å². The monoisotopic (exact) mass is 221 g/mol. The molecule has 0 saturated carbocycles. The van der Waals surface area contributed by atoms with E-state index in [1.54, 1.807) is 13.8 Å². The van der Waals surface area contributed by atoms with Gasteiger partial charge >= 0.3 is 0 Å². The zero-order valence-electron chi connectivity index (χ0n) is 8.87. The van der Waals surface area contributed by atoms with E-state index >= 15 is 0 Å². The van der Waals surface area contributed by atoms with E-state index in [0.29, 0.717) is 5.65 Å². The van der Waals surface area contributed by atoms with E-state index in [2.05, 4.69) is 19.9 Å². The van der Waals surface area contributed by atoms with Gasteiger partial charge in [0.25, 0.3) is 5.56 Å². The van der Waals surface area contributed by atoms with Crippen molar-refractivity contribution < 1.29 is 4.79 Å². The van der Waals surface area contributed by atoms with Crippen LogP contribution >= 0.6 is 0 Å². The molecule has 16 heavy (non-hydrogen) atoms. The molecule has 7 nitrogen and oxygen atoms in total. The van der Waals surface area contributed by atoms with E-state index in [0.717, 1.165) is 0 Å². The molecular weight excluding hydrogens is 210 g/mol. The van der Waals surface area contributed by atoms with Crippen LogP contribution in [-0.4, -0.2) is 25.8 Å². The smallest absolute Gasteiger partial charge is 0.279 e. The molecule has 0 aliphatic rings. The lowest BCUT2D eigenvalue weighted by atomic mass is 9.91. The number of carbonyl (C=O) groups is 1. The molecule has 0 radical (unpaired) electrons. The van der Waals surface area contributed by atoms with Gasteiger partial charge in [-0.3, -0.25) is 9.59 Å². The molecule has 7 heteroatoms. The molecule has 2 aromatic rings. The molecule has 2 aromatic heterocycles. The first kappa shape index (κ1) is 10.3. The normalized spacial score (nSPS) is 11.9. The molecular formula is C9H11N5O2. The maximum atomic E-state index is 11.6. The number of rotatable bonds is 2. The van der Waals surface area contributed by atoms with Crippen LogP contribution in [-0.2, 0) is 10.2 Å². The van der Waals surface area contributed by atoms with Crippen molar-refractivity contribution in [1.29, 1.82) is 0 Å². The van der Waals surface area contributed by atoms with Crippen LogP contribution in [0.3, 0.4) is 0 Å². The number of hydrogen-bond donors (Lipinski definition) is 3. The van der Waals surface area contributed by atoms with Gasteiger partial charge in [-0.2, -0.15) is 0 Å². The number of carbonyl (C=O) groups excluding carboxylic acids is 1. The average Bonchev–Trinajstić information content (AvgIpc) is 2.65. The number of aromatic amines is 2. The first-order valence-electron chi connectivity index (χ1n) is 4.66. The number of hydrogen-bond acceptors (Lipinski definition) is 4. The topological polar surface area (TPSA) is 118 Å². The second-order valence-electron chi connectivity index (χ2n) is 4.00. The number of nitrogens with one attached hydrogen (secondary N) is 2.